The van der Waals surface area contributed by atoms with Gasteiger partial charge in [-0.2, -0.15) is 10.5 Å². The van der Waals surface area contributed by atoms with E-state index in [0.29, 0.717) is 4.88 Å². The van der Waals surface area contributed by atoms with Crippen LogP contribution in [0.15, 0.2) is 35.7 Å². The minimum Gasteiger partial charge on any atom is -0.288 e. The molecule has 0 bridgehead atoms. The Labute approximate surface area is 102 Å². The predicted octanol–water partition coefficient (Wildman–Crippen LogP) is 2.72. The van der Waals surface area contributed by atoms with Gasteiger partial charge in [0.25, 0.3) is 0 Å². The monoisotopic (exact) mass is 238 g/mol. The lowest BCUT2D eigenvalue weighted by atomic mass is 9.99. The maximum atomic E-state index is 12.1. The molecule has 1 aromatic carbocycles. The number of thiophene rings is 1. The van der Waals surface area contributed by atoms with Crippen molar-refractivity contribution >= 4 is 17.1 Å². The Morgan fingerprint density at radius 2 is 1.94 bits per heavy atom. The molecule has 0 saturated heterocycles. The van der Waals surface area contributed by atoms with Crippen molar-refractivity contribution in [1.82, 2.24) is 0 Å². The van der Waals surface area contributed by atoms with Crippen molar-refractivity contribution in [3.63, 3.8) is 0 Å². The fraction of sp³-hybridized carbons (Fsp3) is 0. The van der Waals surface area contributed by atoms with E-state index >= 15 is 0 Å². The van der Waals surface area contributed by atoms with Crippen LogP contribution < -0.4 is 0 Å². The zero-order chi connectivity index (χ0) is 12.3. The molecular weight excluding hydrogens is 232 g/mol. The summed E-state index contributed by atoms with van der Waals surface area (Å²) in [6.45, 7) is 0. The molecule has 1 heterocycles. The maximum Gasteiger partial charge on any atom is 0.204 e. The summed E-state index contributed by atoms with van der Waals surface area (Å²) in [5.74, 6) is -0.214. The molecule has 0 aliphatic carbocycles. The number of hydrogen-bond acceptors (Lipinski definition) is 4. The average Bonchev–Trinajstić information content (AvgIpc) is 2.90. The van der Waals surface area contributed by atoms with Crippen LogP contribution in [0, 0.1) is 22.7 Å². The number of benzene rings is 1. The van der Waals surface area contributed by atoms with Crippen molar-refractivity contribution < 1.29 is 4.79 Å². The summed E-state index contributed by atoms with van der Waals surface area (Å²) in [6, 6.07) is 12.0. The highest BCUT2D eigenvalue weighted by Crippen LogP contribution is 2.20. The second-order valence-corrected chi connectivity index (χ2v) is 4.21. The molecule has 80 valence electrons. The zero-order valence-electron chi connectivity index (χ0n) is 8.68. The molecule has 0 amide bonds. The van der Waals surface area contributed by atoms with E-state index in [1.807, 2.05) is 12.1 Å². The van der Waals surface area contributed by atoms with Crippen LogP contribution in [0.4, 0.5) is 0 Å². The first-order valence-electron chi connectivity index (χ1n) is 4.79. The van der Waals surface area contributed by atoms with Gasteiger partial charge in [0, 0.05) is 5.56 Å². The van der Waals surface area contributed by atoms with Gasteiger partial charge in [0.15, 0.2) is 0 Å². The molecule has 0 aliphatic heterocycles. The fourth-order valence-corrected chi connectivity index (χ4v) is 2.17. The van der Waals surface area contributed by atoms with Crippen molar-refractivity contribution in [2.24, 2.45) is 0 Å². The Morgan fingerprint density at radius 1 is 1.12 bits per heavy atom. The zero-order valence-corrected chi connectivity index (χ0v) is 9.49. The molecule has 1 aromatic heterocycles. The van der Waals surface area contributed by atoms with Crippen molar-refractivity contribution in [1.29, 1.82) is 10.5 Å². The van der Waals surface area contributed by atoms with Crippen LogP contribution in [0.25, 0.3) is 0 Å². The van der Waals surface area contributed by atoms with E-state index in [0.717, 1.165) is 0 Å². The highest BCUT2D eigenvalue weighted by atomic mass is 32.1. The average molecular weight is 238 g/mol. The summed E-state index contributed by atoms with van der Waals surface area (Å²) in [7, 11) is 0. The van der Waals surface area contributed by atoms with E-state index in [2.05, 4.69) is 0 Å². The minimum atomic E-state index is -0.214. The normalized spacial score (nSPS) is 9.29. The van der Waals surface area contributed by atoms with Crippen molar-refractivity contribution in [2.45, 2.75) is 0 Å². The second-order valence-electron chi connectivity index (χ2n) is 3.26. The van der Waals surface area contributed by atoms with Gasteiger partial charge in [-0.3, -0.25) is 4.79 Å². The van der Waals surface area contributed by atoms with Crippen LogP contribution in [0.3, 0.4) is 0 Å². The summed E-state index contributed by atoms with van der Waals surface area (Å²) < 4.78 is 0. The Kier molecular flexibility index (Phi) is 3.00. The third-order valence-electron chi connectivity index (χ3n) is 2.29. The number of carbonyl (C=O) groups is 1. The Balaban J connectivity index is 2.58. The minimum absolute atomic E-state index is 0.147. The Morgan fingerprint density at radius 3 is 2.53 bits per heavy atom. The lowest BCUT2D eigenvalue weighted by molar-refractivity contribution is 0.104. The molecule has 0 saturated carbocycles. The SMILES string of the molecule is N#Cc1cccc(C(=O)c2cccs2)c1C#N. The smallest absolute Gasteiger partial charge is 0.204 e. The molecule has 0 aliphatic rings. The number of nitriles is 2. The van der Waals surface area contributed by atoms with Crippen LogP contribution in [0.5, 0.6) is 0 Å². The first kappa shape index (κ1) is 11.1. The molecule has 0 spiro atoms. The van der Waals surface area contributed by atoms with Gasteiger partial charge in [-0.25, -0.2) is 0 Å². The van der Waals surface area contributed by atoms with E-state index < -0.39 is 0 Å². The molecular formula is C13H6N2OS. The van der Waals surface area contributed by atoms with Crippen LogP contribution in [0.1, 0.15) is 26.4 Å². The number of rotatable bonds is 2. The number of carbonyl (C=O) groups excluding carboxylic acids is 1. The van der Waals surface area contributed by atoms with E-state index in [-0.39, 0.29) is 22.5 Å². The highest BCUT2D eigenvalue weighted by molar-refractivity contribution is 7.12. The predicted molar refractivity (Wildman–Crippen MR) is 63.6 cm³/mol. The van der Waals surface area contributed by atoms with E-state index in [9.17, 15) is 4.79 Å². The third kappa shape index (κ3) is 1.94. The molecule has 4 heteroatoms. The van der Waals surface area contributed by atoms with Gasteiger partial charge < -0.3 is 0 Å². The number of hydrogen-bond donors (Lipinski definition) is 0. The summed E-state index contributed by atoms with van der Waals surface area (Å²) in [6.07, 6.45) is 0. The first-order chi connectivity index (χ1) is 8.27. The molecule has 0 fully saturated rings. The maximum absolute atomic E-state index is 12.1. The van der Waals surface area contributed by atoms with Crippen LogP contribution in [-0.4, -0.2) is 5.78 Å². The fourth-order valence-electron chi connectivity index (χ4n) is 1.50. The number of ketones is 1. The molecule has 17 heavy (non-hydrogen) atoms. The topological polar surface area (TPSA) is 64.7 Å². The van der Waals surface area contributed by atoms with Gasteiger partial charge in [-0.15, -0.1) is 11.3 Å². The van der Waals surface area contributed by atoms with Crippen LogP contribution in [-0.2, 0) is 0 Å². The molecule has 0 atom stereocenters. The van der Waals surface area contributed by atoms with Gasteiger partial charge in [0.2, 0.25) is 5.78 Å². The lowest BCUT2D eigenvalue weighted by Crippen LogP contribution is -2.03. The molecule has 0 radical (unpaired) electrons. The molecule has 2 rings (SSSR count). The molecule has 2 aromatic rings. The summed E-state index contributed by atoms with van der Waals surface area (Å²) in [4.78, 5) is 12.7. The largest absolute Gasteiger partial charge is 0.288 e. The molecule has 3 nitrogen and oxygen atoms in total. The molecule has 0 N–H and O–H groups in total. The summed E-state index contributed by atoms with van der Waals surface area (Å²) in [5.41, 5.74) is 0.664. The van der Waals surface area contributed by atoms with Gasteiger partial charge in [0.05, 0.1) is 16.0 Å². The van der Waals surface area contributed by atoms with Gasteiger partial charge in [0.1, 0.15) is 12.1 Å². The van der Waals surface area contributed by atoms with Gasteiger partial charge >= 0.3 is 0 Å². The summed E-state index contributed by atoms with van der Waals surface area (Å²) >= 11 is 1.32. The third-order valence-corrected chi connectivity index (χ3v) is 3.15. The number of nitrogens with zero attached hydrogens (tertiary/aromatic N) is 2. The quantitative estimate of drug-likeness (QED) is 0.755. The second kappa shape index (κ2) is 4.61. The van der Waals surface area contributed by atoms with Crippen molar-refractivity contribution in [2.75, 3.05) is 0 Å². The summed E-state index contributed by atoms with van der Waals surface area (Å²) in [5, 5.41) is 19.7. The van der Waals surface area contributed by atoms with Crippen LogP contribution >= 0.6 is 11.3 Å². The Bertz CT molecular complexity index is 645. The first-order valence-corrected chi connectivity index (χ1v) is 5.67. The van der Waals surface area contributed by atoms with E-state index in [1.54, 1.807) is 29.6 Å². The van der Waals surface area contributed by atoms with E-state index in [4.69, 9.17) is 10.5 Å². The standard InChI is InChI=1S/C13H6N2OS/c14-7-9-3-1-4-10(11(9)8-15)13(16)12-5-2-6-17-12/h1-6H. The van der Waals surface area contributed by atoms with Crippen molar-refractivity contribution in [3.05, 3.63) is 57.3 Å². The van der Waals surface area contributed by atoms with Gasteiger partial charge in [-0.05, 0) is 23.6 Å². The lowest BCUT2D eigenvalue weighted by Gasteiger charge is -2.02. The van der Waals surface area contributed by atoms with Crippen LogP contribution in [0.2, 0.25) is 0 Å². The molecule has 0 unspecified atom stereocenters. The van der Waals surface area contributed by atoms with Gasteiger partial charge in [-0.1, -0.05) is 12.1 Å². The van der Waals surface area contributed by atoms with E-state index in [1.165, 1.54) is 17.4 Å². The van der Waals surface area contributed by atoms with Crippen molar-refractivity contribution in [3.8, 4) is 12.1 Å². The highest BCUT2D eigenvalue weighted by Gasteiger charge is 2.16. The Hall–Kier alpha value is -2.43.